The fourth-order valence-corrected chi connectivity index (χ4v) is 3.06. The summed E-state index contributed by atoms with van der Waals surface area (Å²) in [4.78, 5) is 3.83. The number of aromatic nitrogens is 2. The molecule has 1 N–H and O–H groups in total. The van der Waals surface area contributed by atoms with E-state index in [0.29, 0.717) is 5.69 Å². The average molecular weight is 330 g/mol. The van der Waals surface area contributed by atoms with Gasteiger partial charge in [-0.25, -0.2) is 4.98 Å². The Hall–Kier alpha value is -1.34. The number of aryl methyl sites for hydroxylation is 2. The second kappa shape index (κ2) is 4.74. The minimum absolute atomic E-state index is 0.00678. The molecule has 0 saturated carbocycles. The molecule has 0 atom stereocenters. The summed E-state index contributed by atoms with van der Waals surface area (Å²) < 4.78 is 29.1. The molecule has 1 heterocycles. The third-order valence-corrected chi connectivity index (χ3v) is 4.13. The van der Waals surface area contributed by atoms with E-state index >= 15 is 0 Å². The molecule has 0 radical (unpaired) electrons. The summed E-state index contributed by atoms with van der Waals surface area (Å²) in [6.07, 6.45) is 2.90. The van der Waals surface area contributed by atoms with Gasteiger partial charge in [-0.05, 0) is 30.7 Å². The molecule has 1 aromatic heterocycles. The monoisotopic (exact) mass is 329 g/mol. The summed E-state index contributed by atoms with van der Waals surface area (Å²) in [5, 5.41) is 0.00678. The number of sulfonamides is 1. The van der Waals surface area contributed by atoms with Gasteiger partial charge in [-0.1, -0.05) is 15.9 Å². The molecule has 0 amide bonds. The first-order valence-electron chi connectivity index (χ1n) is 5.15. The van der Waals surface area contributed by atoms with E-state index in [2.05, 4.69) is 25.6 Å². The molecule has 18 heavy (non-hydrogen) atoms. The van der Waals surface area contributed by atoms with E-state index in [-0.39, 0.29) is 5.03 Å². The molecule has 2 aromatic rings. The van der Waals surface area contributed by atoms with Gasteiger partial charge in [0.2, 0.25) is 0 Å². The molecule has 0 aliphatic carbocycles. The van der Waals surface area contributed by atoms with Gasteiger partial charge in [-0.15, -0.1) is 0 Å². The molecule has 0 fully saturated rings. The SMILES string of the molecule is Cc1cc(Br)ccc1NS(=O)(=O)c1cn(C)cn1. The maximum atomic E-state index is 12.1. The highest BCUT2D eigenvalue weighted by Crippen LogP contribution is 2.22. The molecular formula is C11H12BrN3O2S. The molecule has 7 heteroatoms. The second-order valence-corrected chi connectivity index (χ2v) is 6.49. The van der Waals surface area contributed by atoms with Gasteiger partial charge in [0, 0.05) is 17.7 Å². The van der Waals surface area contributed by atoms with Crippen LogP contribution >= 0.6 is 15.9 Å². The number of hydrogen-bond donors (Lipinski definition) is 1. The van der Waals surface area contributed by atoms with Crippen LogP contribution in [0.3, 0.4) is 0 Å². The van der Waals surface area contributed by atoms with Crippen LogP contribution in [0, 0.1) is 6.92 Å². The first-order valence-corrected chi connectivity index (χ1v) is 7.43. The van der Waals surface area contributed by atoms with Crippen LogP contribution < -0.4 is 4.72 Å². The number of halogens is 1. The van der Waals surface area contributed by atoms with Gasteiger partial charge >= 0.3 is 0 Å². The van der Waals surface area contributed by atoms with Crippen molar-refractivity contribution in [2.75, 3.05) is 4.72 Å². The number of rotatable bonds is 3. The highest BCUT2D eigenvalue weighted by Gasteiger charge is 2.17. The predicted molar refractivity (Wildman–Crippen MR) is 72.9 cm³/mol. The van der Waals surface area contributed by atoms with Gasteiger partial charge in [-0.2, -0.15) is 8.42 Å². The summed E-state index contributed by atoms with van der Waals surface area (Å²) >= 11 is 3.33. The summed E-state index contributed by atoms with van der Waals surface area (Å²) in [5.74, 6) is 0. The van der Waals surface area contributed by atoms with Crippen molar-refractivity contribution in [3.63, 3.8) is 0 Å². The Bertz CT molecular complexity index is 679. The molecule has 0 aliphatic rings. The van der Waals surface area contributed by atoms with Crippen molar-refractivity contribution >= 4 is 31.6 Å². The summed E-state index contributed by atoms with van der Waals surface area (Å²) in [5.41, 5.74) is 1.38. The number of anilines is 1. The number of hydrogen-bond acceptors (Lipinski definition) is 3. The summed E-state index contributed by atoms with van der Waals surface area (Å²) in [6.45, 7) is 1.83. The molecular weight excluding hydrogens is 318 g/mol. The van der Waals surface area contributed by atoms with E-state index in [0.717, 1.165) is 10.0 Å². The zero-order valence-electron chi connectivity index (χ0n) is 9.88. The van der Waals surface area contributed by atoms with Gasteiger partial charge in [0.05, 0.1) is 12.0 Å². The topological polar surface area (TPSA) is 64.0 Å². The molecule has 0 aliphatic heterocycles. The Kier molecular flexibility index (Phi) is 3.45. The molecule has 2 rings (SSSR count). The zero-order chi connectivity index (χ0) is 13.3. The lowest BCUT2D eigenvalue weighted by Crippen LogP contribution is -2.14. The van der Waals surface area contributed by atoms with Crippen LogP contribution in [-0.2, 0) is 17.1 Å². The Morgan fingerprint density at radius 2 is 2.11 bits per heavy atom. The highest BCUT2D eigenvalue weighted by molar-refractivity contribution is 9.10. The molecule has 96 valence electrons. The van der Waals surface area contributed by atoms with E-state index in [1.165, 1.54) is 12.5 Å². The lowest BCUT2D eigenvalue weighted by atomic mass is 10.2. The van der Waals surface area contributed by atoms with Crippen molar-refractivity contribution in [2.45, 2.75) is 11.9 Å². The number of nitrogens with zero attached hydrogens (tertiary/aromatic N) is 2. The van der Waals surface area contributed by atoms with Crippen LogP contribution in [0.1, 0.15) is 5.56 Å². The van der Waals surface area contributed by atoms with Gasteiger partial charge in [0.25, 0.3) is 10.0 Å². The maximum absolute atomic E-state index is 12.1. The molecule has 0 bridgehead atoms. The van der Waals surface area contributed by atoms with Crippen molar-refractivity contribution in [2.24, 2.45) is 7.05 Å². The zero-order valence-corrected chi connectivity index (χ0v) is 12.3. The summed E-state index contributed by atoms with van der Waals surface area (Å²) in [7, 11) is -1.91. The maximum Gasteiger partial charge on any atom is 0.280 e. The Balaban J connectivity index is 2.33. The number of nitrogens with one attached hydrogen (secondary N) is 1. The quantitative estimate of drug-likeness (QED) is 0.939. The second-order valence-electron chi connectivity index (χ2n) is 3.94. The smallest absolute Gasteiger partial charge is 0.280 e. The average Bonchev–Trinajstić information content (AvgIpc) is 2.70. The molecule has 0 unspecified atom stereocenters. The largest absolute Gasteiger partial charge is 0.339 e. The molecule has 0 spiro atoms. The van der Waals surface area contributed by atoms with Gasteiger partial charge in [0.15, 0.2) is 5.03 Å². The van der Waals surface area contributed by atoms with Crippen LogP contribution in [0.5, 0.6) is 0 Å². The standard InChI is InChI=1S/C11H12BrN3O2S/c1-8-5-9(12)3-4-10(8)14-18(16,17)11-6-15(2)7-13-11/h3-7,14H,1-2H3. The van der Waals surface area contributed by atoms with Gasteiger partial charge < -0.3 is 4.57 Å². The normalized spacial score (nSPS) is 11.5. The van der Waals surface area contributed by atoms with Crippen molar-refractivity contribution in [3.05, 3.63) is 40.8 Å². The van der Waals surface area contributed by atoms with Crippen LogP contribution in [0.2, 0.25) is 0 Å². The van der Waals surface area contributed by atoms with Gasteiger partial charge in [-0.3, -0.25) is 4.72 Å². The van der Waals surface area contributed by atoms with E-state index in [4.69, 9.17) is 0 Å². The Labute approximate surface area is 114 Å². The highest BCUT2D eigenvalue weighted by atomic mass is 79.9. The first-order chi connectivity index (χ1) is 8.38. The third kappa shape index (κ3) is 2.73. The van der Waals surface area contributed by atoms with Gasteiger partial charge in [0.1, 0.15) is 0 Å². The molecule has 5 nitrogen and oxygen atoms in total. The molecule has 0 saturated heterocycles. The minimum atomic E-state index is -3.63. The van der Waals surface area contributed by atoms with Crippen LogP contribution in [0.15, 0.2) is 40.2 Å². The van der Waals surface area contributed by atoms with Crippen molar-refractivity contribution < 1.29 is 8.42 Å². The predicted octanol–water partition coefficient (Wildman–Crippen LogP) is 2.29. The lowest BCUT2D eigenvalue weighted by Gasteiger charge is -2.08. The van der Waals surface area contributed by atoms with E-state index < -0.39 is 10.0 Å². The van der Waals surface area contributed by atoms with E-state index in [9.17, 15) is 8.42 Å². The van der Waals surface area contributed by atoms with Crippen molar-refractivity contribution in [3.8, 4) is 0 Å². The van der Waals surface area contributed by atoms with Crippen molar-refractivity contribution in [1.29, 1.82) is 0 Å². The van der Waals surface area contributed by atoms with Crippen molar-refractivity contribution in [1.82, 2.24) is 9.55 Å². The van der Waals surface area contributed by atoms with Crippen LogP contribution in [0.25, 0.3) is 0 Å². The number of benzene rings is 1. The minimum Gasteiger partial charge on any atom is -0.339 e. The van der Waals surface area contributed by atoms with Crippen LogP contribution in [0.4, 0.5) is 5.69 Å². The first kappa shape index (κ1) is 13.1. The fourth-order valence-electron chi connectivity index (χ4n) is 1.47. The van der Waals surface area contributed by atoms with E-state index in [1.807, 2.05) is 13.0 Å². The summed E-state index contributed by atoms with van der Waals surface area (Å²) in [6, 6.07) is 5.33. The fraction of sp³-hybridized carbons (Fsp3) is 0.182. The van der Waals surface area contributed by atoms with Crippen LogP contribution in [-0.4, -0.2) is 18.0 Å². The Morgan fingerprint density at radius 1 is 1.39 bits per heavy atom. The number of imidazole rings is 1. The lowest BCUT2D eigenvalue weighted by molar-refractivity contribution is 0.598. The van der Waals surface area contributed by atoms with E-state index in [1.54, 1.807) is 23.7 Å². The molecule has 1 aromatic carbocycles. The Morgan fingerprint density at radius 3 is 2.67 bits per heavy atom. The third-order valence-electron chi connectivity index (χ3n) is 2.39.